The SMILES string of the molecule is Cc1ccc(OCc2ccc(Cl)cc2Cl)c(N)c1. The summed E-state index contributed by atoms with van der Waals surface area (Å²) < 4.78 is 5.65. The van der Waals surface area contributed by atoms with E-state index in [1.54, 1.807) is 12.1 Å². The van der Waals surface area contributed by atoms with E-state index >= 15 is 0 Å². The molecule has 0 unspecified atom stereocenters. The Morgan fingerprint density at radius 1 is 1.11 bits per heavy atom. The zero-order valence-corrected chi connectivity index (χ0v) is 11.4. The number of aryl methyl sites for hydroxylation is 1. The molecule has 0 saturated heterocycles. The van der Waals surface area contributed by atoms with Crippen LogP contribution in [-0.4, -0.2) is 0 Å². The molecular weight excluding hydrogens is 269 g/mol. The minimum atomic E-state index is 0.364. The molecule has 0 spiro atoms. The molecule has 94 valence electrons. The highest BCUT2D eigenvalue weighted by Crippen LogP contribution is 2.26. The lowest BCUT2D eigenvalue weighted by atomic mass is 10.2. The number of anilines is 1. The molecule has 2 rings (SSSR count). The Morgan fingerprint density at radius 3 is 2.56 bits per heavy atom. The van der Waals surface area contributed by atoms with Gasteiger partial charge in [-0.15, -0.1) is 0 Å². The third-order valence-corrected chi connectivity index (χ3v) is 3.15. The molecule has 0 heterocycles. The Kier molecular flexibility index (Phi) is 4.00. The summed E-state index contributed by atoms with van der Waals surface area (Å²) in [7, 11) is 0. The average Bonchev–Trinajstić information content (AvgIpc) is 2.30. The van der Waals surface area contributed by atoms with Crippen molar-refractivity contribution in [2.75, 3.05) is 5.73 Å². The highest BCUT2D eigenvalue weighted by atomic mass is 35.5. The van der Waals surface area contributed by atoms with E-state index < -0.39 is 0 Å². The normalized spacial score (nSPS) is 10.4. The van der Waals surface area contributed by atoms with Gasteiger partial charge in [-0.25, -0.2) is 0 Å². The van der Waals surface area contributed by atoms with Crippen LogP contribution < -0.4 is 10.5 Å². The molecule has 2 nitrogen and oxygen atoms in total. The Morgan fingerprint density at radius 2 is 1.89 bits per heavy atom. The molecule has 0 aromatic heterocycles. The van der Waals surface area contributed by atoms with Crippen LogP contribution in [-0.2, 0) is 6.61 Å². The van der Waals surface area contributed by atoms with Crippen molar-refractivity contribution in [1.29, 1.82) is 0 Å². The fourth-order valence-corrected chi connectivity index (χ4v) is 2.06. The summed E-state index contributed by atoms with van der Waals surface area (Å²) in [5.41, 5.74) is 8.47. The maximum atomic E-state index is 6.07. The van der Waals surface area contributed by atoms with Gasteiger partial charge in [-0.3, -0.25) is 0 Å². The number of halogens is 2. The molecule has 0 aliphatic heterocycles. The third-order valence-electron chi connectivity index (χ3n) is 2.56. The second-order valence-corrected chi connectivity index (χ2v) is 4.91. The van der Waals surface area contributed by atoms with E-state index in [2.05, 4.69) is 0 Å². The van der Waals surface area contributed by atoms with E-state index in [1.165, 1.54) is 0 Å². The molecular formula is C14H13Cl2NO. The van der Waals surface area contributed by atoms with E-state index in [9.17, 15) is 0 Å². The molecule has 0 aliphatic rings. The molecule has 18 heavy (non-hydrogen) atoms. The quantitative estimate of drug-likeness (QED) is 0.843. The van der Waals surface area contributed by atoms with Crippen molar-refractivity contribution in [3.63, 3.8) is 0 Å². The first-order chi connectivity index (χ1) is 8.56. The van der Waals surface area contributed by atoms with E-state index in [0.29, 0.717) is 28.1 Å². The van der Waals surface area contributed by atoms with Crippen LogP contribution in [0.5, 0.6) is 5.75 Å². The summed E-state index contributed by atoms with van der Waals surface area (Å²) in [6, 6.07) is 11.0. The number of hydrogen-bond donors (Lipinski definition) is 1. The van der Waals surface area contributed by atoms with Gasteiger partial charge in [0.2, 0.25) is 0 Å². The van der Waals surface area contributed by atoms with Crippen LogP contribution in [0.15, 0.2) is 36.4 Å². The highest BCUT2D eigenvalue weighted by Gasteiger charge is 2.04. The van der Waals surface area contributed by atoms with Gasteiger partial charge in [0.1, 0.15) is 12.4 Å². The summed E-state index contributed by atoms with van der Waals surface area (Å²) in [6.07, 6.45) is 0. The summed E-state index contributed by atoms with van der Waals surface area (Å²) >= 11 is 11.9. The van der Waals surface area contributed by atoms with Gasteiger partial charge in [0.05, 0.1) is 5.69 Å². The molecule has 0 radical (unpaired) electrons. The van der Waals surface area contributed by atoms with Gasteiger partial charge in [-0.2, -0.15) is 0 Å². The second kappa shape index (κ2) is 5.51. The van der Waals surface area contributed by atoms with Gasteiger partial charge in [0.15, 0.2) is 0 Å². The van der Waals surface area contributed by atoms with Crippen molar-refractivity contribution in [3.05, 3.63) is 57.6 Å². The standard InChI is InChI=1S/C14H13Cl2NO/c1-9-2-5-14(13(17)6-9)18-8-10-3-4-11(15)7-12(10)16/h2-7H,8,17H2,1H3. The highest BCUT2D eigenvalue weighted by molar-refractivity contribution is 6.35. The predicted molar refractivity (Wildman–Crippen MR) is 76.4 cm³/mol. The largest absolute Gasteiger partial charge is 0.487 e. The zero-order valence-electron chi connectivity index (χ0n) is 9.91. The van der Waals surface area contributed by atoms with Crippen LogP contribution in [0.4, 0.5) is 5.69 Å². The third kappa shape index (κ3) is 3.09. The molecule has 4 heteroatoms. The first-order valence-electron chi connectivity index (χ1n) is 5.49. The summed E-state index contributed by atoms with van der Waals surface area (Å²) in [4.78, 5) is 0. The van der Waals surface area contributed by atoms with E-state index in [1.807, 2.05) is 31.2 Å². The van der Waals surface area contributed by atoms with Gasteiger partial charge in [0, 0.05) is 15.6 Å². The zero-order chi connectivity index (χ0) is 13.1. The smallest absolute Gasteiger partial charge is 0.142 e. The molecule has 0 aliphatic carbocycles. The lowest BCUT2D eigenvalue weighted by molar-refractivity contribution is 0.308. The van der Waals surface area contributed by atoms with Crippen LogP contribution >= 0.6 is 23.2 Å². The predicted octanol–water partition coefficient (Wildman–Crippen LogP) is 4.46. The van der Waals surface area contributed by atoms with Crippen molar-refractivity contribution in [2.24, 2.45) is 0 Å². The van der Waals surface area contributed by atoms with Crippen LogP contribution in [0, 0.1) is 6.92 Å². The van der Waals surface area contributed by atoms with Crippen LogP contribution in [0.2, 0.25) is 10.0 Å². The topological polar surface area (TPSA) is 35.2 Å². The molecule has 0 bridgehead atoms. The molecule has 0 fully saturated rings. The van der Waals surface area contributed by atoms with Crippen molar-refractivity contribution in [1.82, 2.24) is 0 Å². The summed E-state index contributed by atoms with van der Waals surface area (Å²) in [5, 5.41) is 1.20. The van der Waals surface area contributed by atoms with Gasteiger partial charge in [-0.1, -0.05) is 35.3 Å². The molecule has 0 amide bonds. The first kappa shape index (κ1) is 13.1. The number of ether oxygens (including phenoxy) is 1. The fourth-order valence-electron chi connectivity index (χ4n) is 1.59. The Balaban J connectivity index is 2.11. The maximum Gasteiger partial charge on any atom is 0.142 e. The number of benzene rings is 2. The Labute approximate surface area is 116 Å². The molecule has 0 atom stereocenters. The minimum absolute atomic E-state index is 0.364. The van der Waals surface area contributed by atoms with Crippen LogP contribution in [0.3, 0.4) is 0 Å². The van der Waals surface area contributed by atoms with Gasteiger partial charge in [-0.05, 0) is 36.8 Å². The Hall–Kier alpha value is -1.38. The monoisotopic (exact) mass is 281 g/mol. The van der Waals surface area contributed by atoms with Crippen molar-refractivity contribution in [2.45, 2.75) is 13.5 Å². The van der Waals surface area contributed by atoms with E-state index in [-0.39, 0.29) is 0 Å². The number of nitrogen functional groups attached to an aromatic ring is 1. The van der Waals surface area contributed by atoms with Crippen molar-refractivity contribution >= 4 is 28.9 Å². The summed E-state index contributed by atoms with van der Waals surface area (Å²) in [5.74, 6) is 0.659. The molecule has 2 aromatic carbocycles. The fraction of sp³-hybridized carbons (Fsp3) is 0.143. The maximum absolute atomic E-state index is 6.07. The van der Waals surface area contributed by atoms with Crippen LogP contribution in [0.1, 0.15) is 11.1 Å². The molecule has 2 aromatic rings. The van der Waals surface area contributed by atoms with E-state index in [4.69, 9.17) is 33.7 Å². The second-order valence-electron chi connectivity index (χ2n) is 4.07. The summed E-state index contributed by atoms with van der Waals surface area (Å²) in [6.45, 7) is 2.35. The van der Waals surface area contributed by atoms with E-state index in [0.717, 1.165) is 11.1 Å². The van der Waals surface area contributed by atoms with Gasteiger partial charge < -0.3 is 10.5 Å². The van der Waals surface area contributed by atoms with Crippen molar-refractivity contribution in [3.8, 4) is 5.75 Å². The van der Waals surface area contributed by atoms with Gasteiger partial charge >= 0.3 is 0 Å². The Bertz CT molecular complexity index is 518. The minimum Gasteiger partial charge on any atom is -0.487 e. The lowest BCUT2D eigenvalue weighted by Gasteiger charge is -2.10. The molecule has 0 saturated carbocycles. The lowest BCUT2D eigenvalue weighted by Crippen LogP contribution is -1.99. The van der Waals surface area contributed by atoms with Crippen molar-refractivity contribution < 1.29 is 4.74 Å². The molecule has 2 N–H and O–H groups in total. The average molecular weight is 282 g/mol. The van der Waals surface area contributed by atoms with Gasteiger partial charge in [0.25, 0.3) is 0 Å². The first-order valence-corrected chi connectivity index (χ1v) is 6.24. The number of hydrogen-bond acceptors (Lipinski definition) is 2. The number of nitrogens with two attached hydrogens (primary N) is 1. The van der Waals surface area contributed by atoms with Crippen LogP contribution in [0.25, 0.3) is 0 Å². The number of rotatable bonds is 3.